The summed E-state index contributed by atoms with van der Waals surface area (Å²) in [7, 11) is 0. The van der Waals surface area contributed by atoms with Gasteiger partial charge in [-0.25, -0.2) is 0 Å². The molecule has 1 saturated carbocycles. The van der Waals surface area contributed by atoms with Gasteiger partial charge in [0.1, 0.15) is 0 Å². The molecule has 1 aliphatic carbocycles. The van der Waals surface area contributed by atoms with Gasteiger partial charge in [0.2, 0.25) is 11.8 Å². The van der Waals surface area contributed by atoms with E-state index in [1.54, 1.807) is 29.2 Å². The van der Waals surface area contributed by atoms with Crippen molar-refractivity contribution in [1.82, 2.24) is 5.32 Å². The summed E-state index contributed by atoms with van der Waals surface area (Å²) in [5.41, 5.74) is 0.617. The molecule has 6 nitrogen and oxygen atoms in total. The molecule has 0 aromatic heterocycles. The number of hydrogen-bond acceptors (Lipinski definition) is 3. The number of carbonyl (C=O) groups excluding carboxylic acids is 2. The minimum atomic E-state index is -0.812. The quantitative estimate of drug-likeness (QED) is 0.870. The molecular weight excluding hydrogens is 332 g/mol. The zero-order chi connectivity index (χ0) is 17.3. The van der Waals surface area contributed by atoms with E-state index >= 15 is 0 Å². The molecule has 24 heavy (non-hydrogen) atoms. The van der Waals surface area contributed by atoms with Crippen LogP contribution < -0.4 is 10.2 Å². The van der Waals surface area contributed by atoms with Crippen molar-refractivity contribution in [3.63, 3.8) is 0 Å². The standard InChI is InChI=1S/C17H19ClN2O4/c18-13-3-1-2-4-14(13)20-9-11(8-15(20)21)16(22)19-12-6-5-10(7-12)17(23)24/h1-4,10-12H,5-9H2,(H,19,22)(H,23,24)/t10-,11?,12+/m0/s1. The number of nitrogens with zero attached hydrogens (tertiary/aromatic N) is 1. The zero-order valence-electron chi connectivity index (χ0n) is 13.1. The van der Waals surface area contributed by atoms with E-state index in [4.69, 9.17) is 16.7 Å². The van der Waals surface area contributed by atoms with Crippen LogP contribution in [0.4, 0.5) is 5.69 Å². The number of nitrogens with one attached hydrogen (secondary N) is 1. The lowest BCUT2D eigenvalue weighted by atomic mass is 10.1. The summed E-state index contributed by atoms with van der Waals surface area (Å²) < 4.78 is 0. The molecule has 128 valence electrons. The van der Waals surface area contributed by atoms with Gasteiger partial charge in [-0.15, -0.1) is 0 Å². The third kappa shape index (κ3) is 3.38. The van der Waals surface area contributed by atoms with Crippen LogP contribution in [0.3, 0.4) is 0 Å². The maximum absolute atomic E-state index is 12.4. The number of hydrogen-bond donors (Lipinski definition) is 2. The van der Waals surface area contributed by atoms with Crippen LogP contribution in [0.25, 0.3) is 0 Å². The van der Waals surface area contributed by atoms with E-state index in [-0.39, 0.29) is 30.2 Å². The van der Waals surface area contributed by atoms with Crippen molar-refractivity contribution < 1.29 is 19.5 Å². The molecule has 1 aromatic carbocycles. The van der Waals surface area contributed by atoms with E-state index in [9.17, 15) is 14.4 Å². The number of para-hydroxylation sites is 1. The van der Waals surface area contributed by atoms with Crippen LogP contribution in [-0.2, 0) is 14.4 Å². The molecule has 2 amide bonds. The largest absolute Gasteiger partial charge is 0.481 e. The van der Waals surface area contributed by atoms with Gasteiger partial charge in [0, 0.05) is 19.0 Å². The number of carboxylic acid groups (broad SMARTS) is 1. The van der Waals surface area contributed by atoms with Crippen LogP contribution in [0.1, 0.15) is 25.7 Å². The highest BCUT2D eigenvalue weighted by molar-refractivity contribution is 6.33. The first-order valence-electron chi connectivity index (χ1n) is 8.03. The fourth-order valence-corrected chi connectivity index (χ4v) is 3.68. The van der Waals surface area contributed by atoms with E-state index in [2.05, 4.69) is 5.32 Å². The van der Waals surface area contributed by atoms with Crippen molar-refractivity contribution in [2.24, 2.45) is 11.8 Å². The monoisotopic (exact) mass is 350 g/mol. The molecule has 2 N–H and O–H groups in total. The number of halogens is 1. The van der Waals surface area contributed by atoms with Crippen molar-refractivity contribution >= 4 is 35.1 Å². The topological polar surface area (TPSA) is 86.7 Å². The summed E-state index contributed by atoms with van der Waals surface area (Å²) in [5, 5.41) is 12.4. The highest BCUT2D eigenvalue weighted by Gasteiger charge is 2.38. The third-order valence-corrected chi connectivity index (χ3v) is 5.09. The average Bonchev–Trinajstić information content (AvgIpc) is 3.15. The Balaban J connectivity index is 1.61. The van der Waals surface area contributed by atoms with Crippen LogP contribution in [0.15, 0.2) is 24.3 Å². The molecule has 3 atom stereocenters. The smallest absolute Gasteiger partial charge is 0.306 e. The number of aliphatic carboxylic acids is 1. The van der Waals surface area contributed by atoms with Crippen molar-refractivity contribution in [2.75, 3.05) is 11.4 Å². The normalized spacial score (nSPS) is 26.6. The molecule has 1 aromatic rings. The summed E-state index contributed by atoms with van der Waals surface area (Å²) in [4.78, 5) is 37.2. The average molecular weight is 351 g/mol. The molecule has 1 aliphatic heterocycles. The van der Waals surface area contributed by atoms with E-state index in [0.717, 1.165) is 0 Å². The lowest BCUT2D eigenvalue weighted by molar-refractivity contribution is -0.141. The second-order valence-corrected chi connectivity index (χ2v) is 6.82. The third-order valence-electron chi connectivity index (χ3n) is 4.77. The van der Waals surface area contributed by atoms with E-state index in [1.165, 1.54) is 0 Å². The molecule has 0 spiro atoms. The van der Waals surface area contributed by atoms with Gasteiger partial charge < -0.3 is 15.3 Å². The van der Waals surface area contributed by atoms with E-state index < -0.39 is 11.9 Å². The molecule has 2 aliphatic rings. The predicted octanol–water partition coefficient (Wildman–Crippen LogP) is 2.06. The summed E-state index contributed by atoms with van der Waals surface area (Å²) >= 11 is 6.13. The number of benzene rings is 1. The first kappa shape index (κ1) is 16.8. The molecule has 1 saturated heterocycles. The maximum Gasteiger partial charge on any atom is 0.306 e. The van der Waals surface area contributed by atoms with E-state index in [1.807, 2.05) is 0 Å². The van der Waals surface area contributed by atoms with Crippen molar-refractivity contribution in [1.29, 1.82) is 0 Å². The van der Waals surface area contributed by atoms with Gasteiger partial charge in [-0.05, 0) is 31.4 Å². The van der Waals surface area contributed by atoms with Crippen LogP contribution in [0.5, 0.6) is 0 Å². The molecule has 0 bridgehead atoms. The molecule has 7 heteroatoms. The van der Waals surface area contributed by atoms with Crippen LogP contribution in [0, 0.1) is 11.8 Å². The lowest BCUT2D eigenvalue weighted by Gasteiger charge is -2.19. The number of rotatable bonds is 4. The summed E-state index contributed by atoms with van der Waals surface area (Å²) in [6.07, 6.45) is 1.84. The number of carbonyl (C=O) groups is 3. The highest BCUT2D eigenvalue weighted by Crippen LogP contribution is 2.31. The highest BCUT2D eigenvalue weighted by atomic mass is 35.5. The Morgan fingerprint density at radius 3 is 2.62 bits per heavy atom. The minimum absolute atomic E-state index is 0.122. The van der Waals surface area contributed by atoms with Crippen LogP contribution in [0.2, 0.25) is 5.02 Å². The molecule has 1 heterocycles. The van der Waals surface area contributed by atoms with E-state index in [0.29, 0.717) is 36.5 Å². The van der Waals surface area contributed by atoms with Crippen molar-refractivity contribution in [3.8, 4) is 0 Å². The maximum atomic E-state index is 12.4. The number of amides is 2. The second kappa shape index (κ2) is 6.81. The molecular formula is C17H19ClN2O4. The Kier molecular flexibility index (Phi) is 4.76. The SMILES string of the molecule is O=C(N[C@@H]1CC[C@H](C(=O)O)C1)C1CC(=O)N(c2ccccc2Cl)C1. The van der Waals surface area contributed by atoms with Crippen molar-refractivity contribution in [2.45, 2.75) is 31.7 Å². The number of carboxylic acids is 1. The lowest BCUT2D eigenvalue weighted by Crippen LogP contribution is -2.39. The minimum Gasteiger partial charge on any atom is -0.481 e. The Morgan fingerprint density at radius 2 is 1.96 bits per heavy atom. The number of anilines is 1. The fourth-order valence-electron chi connectivity index (χ4n) is 3.44. The summed E-state index contributed by atoms with van der Waals surface area (Å²) in [6, 6.07) is 6.93. The fraction of sp³-hybridized carbons (Fsp3) is 0.471. The Labute approximate surface area is 144 Å². The van der Waals surface area contributed by atoms with Gasteiger partial charge in [0.25, 0.3) is 0 Å². The summed E-state index contributed by atoms with van der Waals surface area (Å²) in [6.45, 7) is 0.295. The van der Waals surface area contributed by atoms with Crippen molar-refractivity contribution in [3.05, 3.63) is 29.3 Å². The molecule has 1 unspecified atom stereocenters. The Morgan fingerprint density at radius 1 is 1.21 bits per heavy atom. The molecule has 3 rings (SSSR count). The first-order valence-corrected chi connectivity index (χ1v) is 8.41. The van der Waals surface area contributed by atoms with Gasteiger partial charge >= 0.3 is 5.97 Å². The van der Waals surface area contributed by atoms with Gasteiger partial charge in [-0.2, -0.15) is 0 Å². The Bertz CT molecular complexity index is 678. The molecule has 2 fully saturated rings. The van der Waals surface area contributed by atoms with Gasteiger partial charge in [-0.1, -0.05) is 23.7 Å². The van der Waals surface area contributed by atoms with Crippen LogP contribution in [-0.4, -0.2) is 35.5 Å². The zero-order valence-corrected chi connectivity index (χ0v) is 13.8. The van der Waals surface area contributed by atoms with Gasteiger partial charge in [0.15, 0.2) is 0 Å². The Hall–Kier alpha value is -2.08. The van der Waals surface area contributed by atoms with Crippen LogP contribution >= 0.6 is 11.6 Å². The van der Waals surface area contributed by atoms with Gasteiger partial charge in [-0.3, -0.25) is 14.4 Å². The molecule has 0 radical (unpaired) electrons. The first-order chi connectivity index (χ1) is 11.5. The summed E-state index contributed by atoms with van der Waals surface area (Å²) in [5.74, 6) is -1.95. The van der Waals surface area contributed by atoms with Gasteiger partial charge in [0.05, 0.1) is 22.5 Å². The second-order valence-electron chi connectivity index (χ2n) is 6.41. The predicted molar refractivity (Wildman–Crippen MR) is 88.8 cm³/mol.